The number of anilines is 1. The molecule has 1 aromatic rings. The maximum atomic E-state index is 6.26. The molecule has 4 heteroatoms. The number of nitrogens with one attached hydrogen (secondary N) is 1. The number of amidine groups is 1. The first-order chi connectivity index (χ1) is 7.98. The van der Waals surface area contributed by atoms with Gasteiger partial charge in [0.2, 0.25) is 0 Å². The van der Waals surface area contributed by atoms with E-state index in [1.165, 1.54) is 0 Å². The van der Waals surface area contributed by atoms with Crippen LogP contribution in [-0.2, 0) is 0 Å². The highest BCUT2D eigenvalue weighted by Crippen LogP contribution is 2.30. The summed E-state index contributed by atoms with van der Waals surface area (Å²) in [6, 6.07) is 6.00. The Hall–Kier alpha value is -0.670. The predicted molar refractivity (Wildman–Crippen MR) is 78.4 cm³/mol. The van der Waals surface area contributed by atoms with Crippen LogP contribution in [0.5, 0.6) is 0 Å². The third kappa shape index (κ3) is 3.17. The molecule has 92 valence electrons. The number of halogens is 1. The van der Waals surface area contributed by atoms with Crippen LogP contribution in [0.25, 0.3) is 0 Å². The van der Waals surface area contributed by atoms with E-state index in [4.69, 9.17) is 16.6 Å². The topological polar surface area (TPSA) is 24.4 Å². The standard InChI is InChI=1S/C13H17ClN2S/c1-9-5-4-6-10(11(9)14)15-12-16-13(2,3)7-8-17-12/h4-6H,7-8H2,1-3H3,(H,15,16). The minimum atomic E-state index is 0.0316. The van der Waals surface area contributed by atoms with Crippen LogP contribution in [0.3, 0.4) is 0 Å². The van der Waals surface area contributed by atoms with E-state index in [0.29, 0.717) is 0 Å². The molecule has 0 unspecified atom stereocenters. The molecule has 0 aliphatic carbocycles. The Balaban J connectivity index is 2.21. The highest BCUT2D eigenvalue weighted by Gasteiger charge is 2.22. The van der Waals surface area contributed by atoms with E-state index in [9.17, 15) is 0 Å². The number of aryl methyl sites for hydroxylation is 1. The van der Waals surface area contributed by atoms with Crippen molar-refractivity contribution in [3.63, 3.8) is 0 Å². The minimum absolute atomic E-state index is 0.0316. The summed E-state index contributed by atoms with van der Waals surface area (Å²) in [5.41, 5.74) is 2.05. The maximum absolute atomic E-state index is 6.26. The van der Waals surface area contributed by atoms with E-state index in [2.05, 4.69) is 19.2 Å². The van der Waals surface area contributed by atoms with Gasteiger partial charge in [0.1, 0.15) is 0 Å². The van der Waals surface area contributed by atoms with Gasteiger partial charge in [0, 0.05) is 5.75 Å². The van der Waals surface area contributed by atoms with Gasteiger partial charge in [-0.1, -0.05) is 35.5 Å². The molecule has 0 amide bonds. The van der Waals surface area contributed by atoms with Crippen LogP contribution in [0, 0.1) is 6.92 Å². The Kier molecular flexibility index (Phi) is 3.69. The number of hydrogen-bond acceptors (Lipinski definition) is 3. The molecule has 1 aliphatic rings. The summed E-state index contributed by atoms with van der Waals surface area (Å²) >= 11 is 8.01. The van der Waals surface area contributed by atoms with E-state index >= 15 is 0 Å². The first-order valence-electron chi connectivity index (χ1n) is 5.73. The second kappa shape index (κ2) is 4.91. The zero-order chi connectivity index (χ0) is 12.5. The summed E-state index contributed by atoms with van der Waals surface area (Å²) < 4.78 is 0. The molecular weight excluding hydrogens is 252 g/mol. The summed E-state index contributed by atoms with van der Waals surface area (Å²) in [5.74, 6) is 1.10. The van der Waals surface area contributed by atoms with Crippen LogP contribution < -0.4 is 5.32 Å². The second-order valence-electron chi connectivity index (χ2n) is 4.89. The Bertz CT molecular complexity index is 455. The smallest absolute Gasteiger partial charge is 0.161 e. The highest BCUT2D eigenvalue weighted by atomic mass is 35.5. The molecule has 0 aromatic heterocycles. The molecule has 2 nitrogen and oxygen atoms in total. The van der Waals surface area contributed by atoms with Crippen molar-refractivity contribution in [1.29, 1.82) is 0 Å². The Morgan fingerprint density at radius 2 is 2.18 bits per heavy atom. The van der Waals surface area contributed by atoms with Crippen LogP contribution in [0.1, 0.15) is 25.8 Å². The van der Waals surface area contributed by atoms with Crippen LogP contribution in [0.4, 0.5) is 5.69 Å². The van der Waals surface area contributed by atoms with Gasteiger partial charge in [0.05, 0.1) is 16.2 Å². The molecule has 0 radical (unpaired) electrons. The lowest BCUT2D eigenvalue weighted by molar-refractivity contribution is 0.507. The average Bonchev–Trinajstić information content (AvgIpc) is 2.23. The highest BCUT2D eigenvalue weighted by molar-refractivity contribution is 8.14. The van der Waals surface area contributed by atoms with Crippen molar-refractivity contribution in [3.05, 3.63) is 28.8 Å². The molecule has 1 aromatic carbocycles. The summed E-state index contributed by atoms with van der Waals surface area (Å²) in [7, 11) is 0. The van der Waals surface area contributed by atoms with Gasteiger partial charge in [-0.25, -0.2) is 0 Å². The lowest BCUT2D eigenvalue weighted by atomic mass is 10.0. The van der Waals surface area contributed by atoms with Crippen molar-refractivity contribution in [3.8, 4) is 0 Å². The third-order valence-electron chi connectivity index (χ3n) is 2.79. The number of benzene rings is 1. The van der Waals surface area contributed by atoms with E-state index in [1.807, 2.05) is 25.1 Å². The minimum Gasteiger partial charge on any atom is -0.334 e. The first-order valence-corrected chi connectivity index (χ1v) is 7.09. The van der Waals surface area contributed by atoms with Gasteiger partial charge >= 0.3 is 0 Å². The van der Waals surface area contributed by atoms with Gasteiger partial charge < -0.3 is 5.32 Å². The Labute approximate surface area is 112 Å². The van der Waals surface area contributed by atoms with Gasteiger partial charge in [0.25, 0.3) is 0 Å². The van der Waals surface area contributed by atoms with Crippen molar-refractivity contribution in [2.24, 2.45) is 4.99 Å². The fourth-order valence-electron chi connectivity index (χ4n) is 1.68. The van der Waals surface area contributed by atoms with Crippen LogP contribution in [0.15, 0.2) is 23.2 Å². The van der Waals surface area contributed by atoms with E-state index in [0.717, 1.165) is 33.6 Å². The van der Waals surface area contributed by atoms with Crippen LogP contribution in [0.2, 0.25) is 5.02 Å². The monoisotopic (exact) mass is 268 g/mol. The SMILES string of the molecule is Cc1cccc(NC2=NC(C)(C)CCS2)c1Cl. The molecule has 0 saturated heterocycles. The molecule has 0 atom stereocenters. The number of aliphatic imine (C=N–C) groups is 1. The van der Waals surface area contributed by atoms with E-state index in [-0.39, 0.29) is 5.54 Å². The summed E-state index contributed by atoms with van der Waals surface area (Å²) in [6.45, 7) is 6.33. The van der Waals surface area contributed by atoms with Crippen molar-refractivity contribution in [2.45, 2.75) is 32.7 Å². The van der Waals surface area contributed by atoms with Crippen molar-refractivity contribution >= 4 is 34.2 Å². The molecular formula is C13H17ClN2S. The van der Waals surface area contributed by atoms with E-state index < -0.39 is 0 Å². The maximum Gasteiger partial charge on any atom is 0.161 e. The zero-order valence-electron chi connectivity index (χ0n) is 10.4. The Morgan fingerprint density at radius 3 is 2.88 bits per heavy atom. The summed E-state index contributed by atoms with van der Waals surface area (Å²) in [6.07, 6.45) is 1.12. The quantitative estimate of drug-likeness (QED) is 0.820. The normalized spacial score (nSPS) is 18.7. The molecule has 0 bridgehead atoms. The molecule has 0 saturated carbocycles. The predicted octanol–water partition coefficient (Wildman–Crippen LogP) is 4.33. The average molecular weight is 269 g/mol. The van der Waals surface area contributed by atoms with Gasteiger partial charge in [-0.3, -0.25) is 4.99 Å². The van der Waals surface area contributed by atoms with Gasteiger partial charge in [0.15, 0.2) is 5.17 Å². The number of hydrogen-bond donors (Lipinski definition) is 1. The molecule has 1 N–H and O–H groups in total. The van der Waals surface area contributed by atoms with Crippen LogP contribution >= 0.6 is 23.4 Å². The number of thioether (sulfide) groups is 1. The lowest BCUT2D eigenvalue weighted by Crippen LogP contribution is -2.27. The van der Waals surface area contributed by atoms with Crippen LogP contribution in [-0.4, -0.2) is 16.5 Å². The Morgan fingerprint density at radius 1 is 1.41 bits per heavy atom. The van der Waals surface area contributed by atoms with Gasteiger partial charge in [-0.05, 0) is 38.8 Å². The fraction of sp³-hybridized carbons (Fsp3) is 0.462. The zero-order valence-corrected chi connectivity index (χ0v) is 12.0. The fourth-order valence-corrected chi connectivity index (χ4v) is 3.15. The number of rotatable bonds is 1. The third-order valence-corrected chi connectivity index (χ3v) is 4.17. The van der Waals surface area contributed by atoms with Gasteiger partial charge in [-0.2, -0.15) is 0 Å². The molecule has 17 heavy (non-hydrogen) atoms. The van der Waals surface area contributed by atoms with Crippen molar-refractivity contribution in [1.82, 2.24) is 0 Å². The first kappa shape index (κ1) is 12.8. The lowest BCUT2D eigenvalue weighted by Gasteiger charge is -2.26. The molecule has 2 rings (SSSR count). The number of nitrogens with zero attached hydrogens (tertiary/aromatic N) is 1. The summed E-state index contributed by atoms with van der Waals surface area (Å²) in [5, 5.41) is 5.07. The molecule has 0 spiro atoms. The second-order valence-corrected chi connectivity index (χ2v) is 6.35. The van der Waals surface area contributed by atoms with Gasteiger partial charge in [-0.15, -0.1) is 0 Å². The van der Waals surface area contributed by atoms with Crippen molar-refractivity contribution < 1.29 is 0 Å². The summed E-state index contributed by atoms with van der Waals surface area (Å²) in [4.78, 5) is 4.69. The van der Waals surface area contributed by atoms with Crippen molar-refractivity contribution in [2.75, 3.05) is 11.1 Å². The largest absolute Gasteiger partial charge is 0.334 e. The molecule has 1 aliphatic heterocycles. The molecule has 0 fully saturated rings. The van der Waals surface area contributed by atoms with E-state index in [1.54, 1.807) is 11.8 Å². The molecule has 1 heterocycles.